The number of aromatic nitrogens is 4. The largest absolute Gasteiger partial charge is 0.424 e. The van der Waals surface area contributed by atoms with E-state index in [1.807, 2.05) is 0 Å². The lowest BCUT2D eigenvalue weighted by molar-refractivity contribution is -0.137. The Morgan fingerprint density at radius 3 is 2.68 bits per heavy atom. The highest BCUT2D eigenvalue weighted by molar-refractivity contribution is 7.16. The summed E-state index contributed by atoms with van der Waals surface area (Å²) in [4.78, 5) is 31.1. The topological polar surface area (TPSA) is 103 Å². The predicted molar refractivity (Wildman–Crippen MR) is 134 cm³/mol. The molecule has 5 rings (SSSR count). The molecule has 3 aromatic heterocycles. The van der Waals surface area contributed by atoms with Crippen molar-refractivity contribution in [2.24, 2.45) is 5.92 Å². The second-order valence-corrected chi connectivity index (χ2v) is 9.87. The van der Waals surface area contributed by atoms with Crippen molar-refractivity contribution in [1.82, 2.24) is 19.7 Å². The lowest BCUT2D eigenvalue weighted by Crippen LogP contribution is -2.24. The van der Waals surface area contributed by atoms with E-state index in [4.69, 9.17) is 4.42 Å². The maximum atomic E-state index is 13.5. The third-order valence-corrected chi connectivity index (χ3v) is 6.63. The summed E-state index contributed by atoms with van der Waals surface area (Å²) in [6.45, 7) is 3.09. The number of pyridine rings is 1. The van der Waals surface area contributed by atoms with Crippen molar-refractivity contribution in [2.45, 2.75) is 39.4 Å². The number of carbonyl (C=O) groups is 1. The fourth-order valence-electron chi connectivity index (χ4n) is 3.69. The van der Waals surface area contributed by atoms with Gasteiger partial charge in [0.1, 0.15) is 6.54 Å². The lowest BCUT2D eigenvalue weighted by atomic mass is 9.95. The van der Waals surface area contributed by atoms with Crippen LogP contribution in [-0.4, -0.2) is 25.7 Å². The van der Waals surface area contributed by atoms with E-state index >= 15 is 0 Å². The van der Waals surface area contributed by atoms with Crippen molar-refractivity contribution in [3.8, 4) is 23.0 Å². The van der Waals surface area contributed by atoms with Gasteiger partial charge in [0.2, 0.25) is 11.8 Å². The lowest BCUT2D eigenvalue weighted by Gasteiger charge is -2.16. The molecular weight excluding hydrogens is 519 g/mol. The number of hydrogen-bond acceptors (Lipinski definition) is 7. The molecule has 1 aromatic carbocycles. The van der Waals surface area contributed by atoms with Crippen LogP contribution in [0.1, 0.15) is 51.0 Å². The molecule has 1 fully saturated rings. The number of nitrogens with zero attached hydrogens (tertiary/aromatic N) is 4. The van der Waals surface area contributed by atoms with Crippen LogP contribution in [0.3, 0.4) is 0 Å². The van der Waals surface area contributed by atoms with E-state index in [2.05, 4.69) is 32.3 Å². The minimum Gasteiger partial charge on any atom is -0.424 e. The number of amides is 1. The van der Waals surface area contributed by atoms with Gasteiger partial charge in [0.25, 0.3) is 11.5 Å². The van der Waals surface area contributed by atoms with E-state index in [1.54, 1.807) is 13.8 Å². The number of thiazole rings is 1. The number of rotatable bonds is 5. The Kier molecular flexibility index (Phi) is 6.62. The molecule has 0 bridgehead atoms. The van der Waals surface area contributed by atoms with E-state index in [9.17, 15) is 22.8 Å². The first-order valence-corrected chi connectivity index (χ1v) is 12.4. The molecule has 1 aliphatic rings. The smallest absolute Gasteiger partial charge is 0.416 e. The molecule has 3 heterocycles. The second kappa shape index (κ2) is 9.90. The number of aryl methyl sites for hydroxylation is 2. The van der Waals surface area contributed by atoms with Gasteiger partial charge >= 0.3 is 6.18 Å². The minimum atomic E-state index is -4.60. The van der Waals surface area contributed by atoms with Crippen LogP contribution in [0.5, 0.6) is 0 Å². The molecule has 0 aliphatic heterocycles. The summed E-state index contributed by atoms with van der Waals surface area (Å²) in [6, 6.07) is 4.33. The van der Waals surface area contributed by atoms with Gasteiger partial charge in [0.15, 0.2) is 5.13 Å². The molecule has 0 atom stereocenters. The Labute approximate surface area is 218 Å². The van der Waals surface area contributed by atoms with E-state index in [-0.39, 0.29) is 34.3 Å². The Hall–Kier alpha value is -4.24. The molecule has 0 unspecified atom stereocenters. The van der Waals surface area contributed by atoms with Gasteiger partial charge < -0.3 is 8.98 Å². The van der Waals surface area contributed by atoms with Gasteiger partial charge in [0, 0.05) is 30.7 Å². The highest BCUT2D eigenvalue weighted by Gasteiger charge is 2.31. The molecule has 4 aromatic rings. The number of hydrogen-bond donors (Lipinski definition) is 1. The number of nitrogens with one attached hydrogen (secondary N) is 1. The van der Waals surface area contributed by atoms with E-state index in [0.717, 1.165) is 31.0 Å². The maximum absolute atomic E-state index is 13.5. The van der Waals surface area contributed by atoms with Crippen LogP contribution in [0.4, 0.5) is 18.3 Å². The van der Waals surface area contributed by atoms with Gasteiger partial charge in [-0.15, -0.1) is 10.2 Å². The first-order chi connectivity index (χ1) is 18.1. The summed E-state index contributed by atoms with van der Waals surface area (Å²) in [7, 11) is 0. The predicted octanol–water partition coefficient (Wildman–Crippen LogP) is 5.05. The van der Waals surface area contributed by atoms with Crippen molar-refractivity contribution in [2.75, 3.05) is 5.32 Å². The normalized spacial score (nSPS) is 13.2. The Bertz CT molecular complexity index is 1650. The number of halogens is 3. The number of carbonyl (C=O) groups excluding carboxylic acids is 1. The molecule has 12 heteroatoms. The van der Waals surface area contributed by atoms with Crippen LogP contribution >= 0.6 is 11.3 Å². The highest BCUT2D eigenvalue weighted by Crippen LogP contribution is 2.35. The molecule has 0 spiro atoms. The molecule has 194 valence electrons. The average molecular weight is 540 g/mol. The molecule has 0 radical (unpaired) electrons. The maximum Gasteiger partial charge on any atom is 0.416 e. The zero-order valence-electron chi connectivity index (χ0n) is 20.2. The monoisotopic (exact) mass is 539 g/mol. The van der Waals surface area contributed by atoms with Crippen LogP contribution in [0, 0.1) is 31.6 Å². The fourth-order valence-corrected chi connectivity index (χ4v) is 4.36. The standard InChI is InChI=1S/C26H20F3N5O3S/c1-14-3-7-17(26(27,28)29)9-19(14)21-12-34(13-22-33-32-15(2)37-22)23(35)10-20(21)24(36)31-25-30-11-18(38-25)8-6-16-4-5-16/h3,7,9-12,16H,4-5,13H2,1-2H3,(H,30,31,36). The van der Waals surface area contributed by atoms with Crippen LogP contribution < -0.4 is 10.9 Å². The zero-order valence-corrected chi connectivity index (χ0v) is 21.0. The molecule has 38 heavy (non-hydrogen) atoms. The van der Waals surface area contributed by atoms with Gasteiger partial charge in [-0.3, -0.25) is 14.9 Å². The van der Waals surface area contributed by atoms with Crippen LogP contribution in [0.25, 0.3) is 11.1 Å². The molecule has 1 saturated carbocycles. The summed E-state index contributed by atoms with van der Waals surface area (Å²) in [5.74, 6) is 6.28. The molecule has 8 nitrogen and oxygen atoms in total. The van der Waals surface area contributed by atoms with Crippen LogP contribution in [0.2, 0.25) is 0 Å². The Balaban J connectivity index is 1.55. The van der Waals surface area contributed by atoms with Crippen molar-refractivity contribution in [3.63, 3.8) is 0 Å². The summed E-state index contributed by atoms with van der Waals surface area (Å²) in [6.07, 6.45) is 0.417. The van der Waals surface area contributed by atoms with Gasteiger partial charge in [-0.05, 0) is 43.0 Å². The highest BCUT2D eigenvalue weighted by atomic mass is 32.1. The third-order valence-electron chi connectivity index (χ3n) is 5.80. The van der Waals surface area contributed by atoms with E-state index < -0.39 is 23.2 Å². The Morgan fingerprint density at radius 2 is 2.00 bits per heavy atom. The van der Waals surface area contributed by atoms with Crippen molar-refractivity contribution in [3.05, 3.63) is 80.4 Å². The van der Waals surface area contributed by atoms with Gasteiger partial charge in [-0.2, -0.15) is 13.2 Å². The number of anilines is 1. The summed E-state index contributed by atoms with van der Waals surface area (Å²) in [5, 5.41) is 10.5. The van der Waals surface area contributed by atoms with Crippen molar-refractivity contribution in [1.29, 1.82) is 0 Å². The number of alkyl halides is 3. The summed E-state index contributed by atoms with van der Waals surface area (Å²) in [5.41, 5.74) is -0.792. The fraction of sp³-hybridized carbons (Fsp3) is 0.269. The van der Waals surface area contributed by atoms with E-state index in [0.29, 0.717) is 22.2 Å². The second-order valence-electron chi connectivity index (χ2n) is 8.84. The third kappa shape index (κ3) is 5.68. The summed E-state index contributed by atoms with van der Waals surface area (Å²) < 4.78 is 47.1. The van der Waals surface area contributed by atoms with Gasteiger partial charge in [-0.25, -0.2) is 4.98 Å². The zero-order chi connectivity index (χ0) is 27.0. The Morgan fingerprint density at radius 1 is 1.21 bits per heavy atom. The average Bonchev–Trinajstić information content (AvgIpc) is 3.44. The summed E-state index contributed by atoms with van der Waals surface area (Å²) >= 11 is 1.17. The quantitative estimate of drug-likeness (QED) is 0.356. The molecule has 1 N–H and O–H groups in total. The van der Waals surface area contributed by atoms with Crippen molar-refractivity contribution >= 4 is 22.4 Å². The molecule has 1 aliphatic carbocycles. The first kappa shape index (κ1) is 25.4. The molecular formula is C26H20F3N5O3S. The molecule has 0 saturated heterocycles. The SMILES string of the molecule is Cc1nnc(Cn2cc(-c3cc(C(F)(F)F)ccc3C)c(C(=O)Nc3ncc(C#CC4CC4)s3)cc2=O)o1. The van der Waals surface area contributed by atoms with Gasteiger partial charge in [0.05, 0.1) is 22.2 Å². The van der Waals surface area contributed by atoms with Crippen LogP contribution in [-0.2, 0) is 12.7 Å². The number of benzene rings is 1. The van der Waals surface area contributed by atoms with Gasteiger partial charge in [-0.1, -0.05) is 29.2 Å². The first-order valence-electron chi connectivity index (χ1n) is 11.6. The van der Waals surface area contributed by atoms with E-state index in [1.165, 1.54) is 34.4 Å². The molecule has 1 amide bonds. The van der Waals surface area contributed by atoms with Crippen LogP contribution in [0.15, 0.2) is 45.9 Å². The van der Waals surface area contributed by atoms with Crippen molar-refractivity contribution < 1.29 is 22.4 Å². The minimum absolute atomic E-state index is 0.101.